The van der Waals surface area contributed by atoms with Crippen molar-refractivity contribution in [1.82, 2.24) is 5.32 Å². The molecule has 0 amide bonds. The molecule has 0 spiro atoms. The zero-order chi connectivity index (χ0) is 14.5. The molecule has 0 aliphatic rings. The first-order valence-corrected chi connectivity index (χ1v) is 7.29. The number of halogens is 1. The highest BCUT2D eigenvalue weighted by atomic mass is 35.5. The quantitative estimate of drug-likeness (QED) is 0.878. The lowest BCUT2D eigenvalue weighted by Crippen LogP contribution is -2.11. The van der Waals surface area contributed by atoms with Crippen molar-refractivity contribution in [3.05, 3.63) is 58.6 Å². The SMILES string of the molecule is CCc1ccc(N(C)c2ccc(CNC)cc2Cl)cc1. The van der Waals surface area contributed by atoms with E-state index < -0.39 is 0 Å². The van der Waals surface area contributed by atoms with Crippen LogP contribution in [0.4, 0.5) is 11.4 Å². The highest BCUT2D eigenvalue weighted by Gasteiger charge is 2.08. The van der Waals surface area contributed by atoms with Gasteiger partial charge in [-0.25, -0.2) is 0 Å². The first kappa shape index (κ1) is 14.9. The summed E-state index contributed by atoms with van der Waals surface area (Å²) >= 11 is 6.40. The van der Waals surface area contributed by atoms with E-state index in [0.717, 1.165) is 29.4 Å². The van der Waals surface area contributed by atoms with Gasteiger partial charge in [0.15, 0.2) is 0 Å². The average molecular weight is 289 g/mol. The number of benzene rings is 2. The number of hydrogen-bond acceptors (Lipinski definition) is 2. The Hall–Kier alpha value is -1.51. The second-order valence-electron chi connectivity index (χ2n) is 4.90. The van der Waals surface area contributed by atoms with Gasteiger partial charge in [0.2, 0.25) is 0 Å². The smallest absolute Gasteiger partial charge is 0.0646 e. The number of rotatable bonds is 5. The minimum atomic E-state index is 0.778. The van der Waals surface area contributed by atoms with E-state index in [0.29, 0.717) is 0 Å². The Labute approximate surface area is 126 Å². The molecule has 0 heterocycles. The predicted octanol–water partition coefficient (Wildman–Crippen LogP) is 4.39. The maximum absolute atomic E-state index is 6.40. The van der Waals surface area contributed by atoms with Gasteiger partial charge in [0.1, 0.15) is 0 Å². The lowest BCUT2D eigenvalue weighted by molar-refractivity contribution is 0.818. The van der Waals surface area contributed by atoms with E-state index in [1.165, 1.54) is 11.1 Å². The van der Waals surface area contributed by atoms with Crippen LogP contribution >= 0.6 is 11.6 Å². The van der Waals surface area contributed by atoms with Gasteiger partial charge in [-0.2, -0.15) is 0 Å². The number of hydrogen-bond donors (Lipinski definition) is 1. The summed E-state index contributed by atoms with van der Waals surface area (Å²) in [5.41, 5.74) is 4.70. The van der Waals surface area contributed by atoms with Crippen LogP contribution in [0.25, 0.3) is 0 Å². The topological polar surface area (TPSA) is 15.3 Å². The second kappa shape index (κ2) is 6.78. The molecule has 0 fully saturated rings. The number of anilines is 2. The van der Waals surface area contributed by atoms with E-state index in [-0.39, 0.29) is 0 Å². The van der Waals surface area contributed by atoms with Crippen LogP contribution in [0.3, 0.4) is 0 Å². The van der Waals surface area contributed by atoms with Crippen LogP contribution in [-0.2, 0) is 13.0 Å². The highest BCUT2D eigenvalue weighted by Crippen LogP contribution is 2.31. The van der Waals surface area contributed by atoms with Gasteiger partial charge in [-0.3, -0.25) is 0 Å². The van der Waals surface area contributed by atoms with Crippen molar-refractivity contribution in [2.75, 3.05) is 19.0 Å². The first-order valence-electron chi connectivity index (χ1n) is 6.91. The van der Waals surface area contributed by atoms with Gasteiger partial charge in [0.25, 0.3) is 0 Å². The fourth-order valence-electron chi connectivity index (χ4n) is 2.23. The van der Waals surface area contributed by atoms with Gasteiger partial charge in [0, 0.05) is 19.3 Å². The molecule has 0 bridgehead atoms. The van der Waals surface area contributed by atoms with Gasteiger partial charge in [-0.05, 0) is 48.9 Å². The minimum absolute atomic E-state index is 0.778. The third-order valence-electron chi connectivity index (χ3n) is 3.49. The van der Waals surface area contributed by atoms with Crippen LogP contribution in [0.1, 0.15) is 18.1 Å². The van der Waals surface area contributed by atoms with Gasteiger partial charge in [0.05, 0.1) is 10.7 Å². The predicted molar refractivity (Wildman–Crippen MR) is 88.1 cm³/mol. The van der Waals surface area contributed by atoms with E-state index in [9.17, 15) is 0 Å². The summed E-state index contributed by atoms with van der Waals surface area (Å²) in [6.07, 6.45) is 1.06. The van der Waals surface area contributed by atoms with Crippen molar-refractivity contribution in [2.45, 2.75) is 19.9 Å². The molecule has 0 aliphatic carbocycles. The van der Waals surface area contributed by atoms with Crippen LogP contribution in [-0.4, -0.2) is 14.1 Å². The molecular formula is C17H21ClN2. The third kappa shape index (κ3) is 3.33. The minimum Gasteiger partial charge on any atom is -0.343 e. The average Bonchev–Trinajstić information content (AvgIpc) is 2.47. The van der Waals surface area contributed by atoms with E-state index in [1.807, 2.05) is 20.2 Å². The molecule has 3 heteroatoms. The van der Waals surface area contributed by atoms with Gasteiger partial charge in [-0.15, -0.1) is 0 Å². The van der Waals surface area contributed by atoms with Crippen LogP contribution in [0, 0.1) is 0 Å². The van der Waals surface area contributed by atoms with Crippen molar-refractivity contribution in [3.8, 4) is 0 Å². The molecule has 2 nitrogen and oxygen atoms in total. The molecule has 0 aromatic heterocycles. The van der Waals surface area contributed by atoms with Gasteiger partial charge >= 0.3 is 0 Å². The van der Waals surface area contributed by atoms with Crippen molar-refractivity contribution in [2.24, 2.45) is 0 Å². The van der Waals surface area contributed by atoms with E-state index >= 15 is 0 Å². The molecule has 0 unspecified atom stereocenters. The summed E-state index contributed by atoms with van der Waals surface area (Å²) in [5.74, 6) is 0. The van der Waals surface area contributed by atoms with Crippen molar-refractivity contribution in [1.29, 1.82) is 0 Å². The fourth-order valence-corrected chi connectivity index (χ4v) is 2.56. The lowest BCUT2D eigenvalue weighted by atomic mass is 10.1. The molecular weight excluding hydrogens is 268 g/mol. The maximum atomic E-state index is 6.40. The van der Waals surface area contributed by atoms with Crippen molar-refractivity contribution < 1.29 is 0 Å². The number of nitrogens with one attached hydrogen (secondary N) is 1. The summed E-state index contributed by atoms with van der Waals surface area (Å²) in [4.78, 5) is 2.12. The molecule has 0 aliphatic heterocycles. The normalized spacial score (nSPS) is 10.6. The van der Waals surface area contributed by atoms with Crippen molar-refractivity contribution in [3.63, 3.8) is 0 Å². The second-order valence-corrected chi connectivity index (χ2v) is 5.30. The first-order chi connectivity index (χ1) is 9.65. The Bertz CT molecular complexity index is 564. The summed E-state index contributed by atoms with van der Waals surface area (Å²) in [6.45, 7) is 2.99. The molecule has 0 radical (unpaired) electrons. The summed E-state index contributed by atoms with van der Waals surface area (Å²) in [6, 6.07) is 14.8. The van der Waals surface area contributed by atoms with Crippen molar-refractivity contribution >= 4 is 23.0 Å². The molecule has 2 rings (SSSR count). The fraction of sp³-hybridized carbons (Fsp3) is 0.294. The third-order valence-corrected chi connectivity index (χ3v) is 3.79. The highest BCUT2D eigenvalue weighted by molar-refractivity contribution is 6.33. The Morgan fingerprint density at radius 2 is 1.70 bits per heavy atom. The molecule has 2 aromatic carbocycles. The molecule has 0 atom stereocenters. The Morgan fingerprint density at radius 3 is 2.25 bits per heavy atom. The van der Waals surface area contributed by atoms with Gasteiger partial charge < -0.3 is 10.2 Å². The largest absolute Gasteiger partial charge is 0.343 e. The zero-order valence-corrected chi connectivity index (χ0v) is 13.0. The summed E-state index contributed by atoms with van der Waals surface area (Å²) in [7, 11) is 3.98. The van der Waals surface area contributed by atoms with E-state index in [4.69, 9.17) is 11.6 Å². The molecule has 0 saturated carbocycles. The zero-order valence-electron chi connectivity index (χ0n) is 12.3. The lowest BCUT2D eigenvalue weighted by Gasteiger charge is -2.21. The molecule has 106 valence electrons. The molecule has 20 heavy (non-hydrogen) atoms. The Balaban J connectivity index is 2.25. The monoisotopic (exact) mass is 288 g/mol. The van der Waals surface area contributed by atoms with E-state index in [2.05, 4.69) is 53.5 Å². The standard InChI is InChI=1S/C17H21ClN2/c1-4-13-5-8-15(9-6-13)20(3)17-10-7-14(12-19-2)11-16(17)18/h5-11,19H,4,12H2,1-3H3. The molecule has 0 saturated heterocycles. The molecule has 2 aromatic rings. The maximum Gasteiger partial charge on any atom is 0.0646 e. The number of nitrogens with zero attached hydrogens (tertiary/aromatic N) is 1. The Kier molecular flexibility index (Phi) is 5.05. The van der Waals surface area contributed by atoms with Crippen LogP contribution in [0.2, 0.25) is 5.02 Å². The molecule has 1 N–H and O–H groups in total. The summed E-state index contributed by atoms with van der Waals surface area (Å²) in [5, 5.41) is 3.91. The van der Waals surface area contributed by atoms with Crippen LogP contribution < -0.4 is 10.2 Å². The summed E-state index contributed by atoms with van der Waals surface area (Å²) < 4.78 is 0. The van der Waals surface area contributed by atoms with Crippen LogP contribution in [0.15, 0.2) is 42.5 Å². The Morgan fingerprint density at radius 1 is 1.05 bits per heavy atom. The van der Waals surface area contributed by atoms with E-state index in [1.54, 1.807) is 0 Å². The number of aryl methyl sites for hydroxylation is 1. The van der Waals surface area contributed by atoms with Crippen LogP contribution in [0.5, 0.6) is 0 Å². The van der Waals surface area contributed by atoms with Gasteiger partial charge in [-0.1, -0.05) is 36.7 Å².